The number of rotatable bonds is 1. The van der Waals surface area contributed by atoms with Crippen molar-refractivity contribution in [1.82, 2.24) is 4.90 Å². The molecule has 1 aliphatic heterocycles. The largest absolute Gasteiger partial charge is 0.361 e. The summed E-state index contributed by atoms with van der Waals surface area (Å²) in [7, 11) is 0. The van der Waals surface area contributed by atoms with E-state index in [2.05, 4.69) is 0 Å². The van der Waals surface area contributed by atoms with Crippen LogP contribution in [0.25, 0.3) is 0 Å². The van der Waals surface area contributed by atoms with Gasteiger partial charge in [-0.05, 0) is 19.3 Å². The molecule has 0 unspecified atom stereocenters. The lowest BCUT2D eigenvalue weighted by atomic mass is 10.3. The molecule has 0 N–H and O–H groups in total. The van der Waals surface area contributed by atoms with Crippen molar-refractivity contribution in [2.75, 3.05) is 19.9 Å². The molecule has 62 valence electrons. The maximum atomic E-state index is 11.4. The zero-order chi connectivity index (χ0) is 7.68. The predicted molar refractivity (Wildman–Crippen MR) is 39.9 cm³/mol. The summed E-state index contributed by atoms with van der Waals surface area (Å²) in [4.78, 5) is 13.2. The number of ether oxygens (including phenoxy) is 1. The summed E-state index contributed by atoms with van der Waals surface area (Å²) in [5, 5.41) is 0. The molecular formula is C8H13NO2. The standard InChI is InChI=1S/C8H13NO2/c10-8(7-2-3-7)9-4-1-5-11-6-9/h7H,1-6H2. The summed E-state index contributed by atoms with van der Waals surface area (Å²) in [6.07, 6.45) is 3.18. The van der Waals surface area contributed by atoms with Gasteiger partial charge in [-0.25, -0.2) is 0 Å². The third-order valence-corrected chi connectivity index (χ3v) is 2.20. The molecule has 11 heavy (non-hydrogen) atoms. The molecule has 0 spiro atoms. The minimum atomic E-state index is 0.310. The van der Waals surface area contributed by atoms with Crippen LogP contribution in [0.5, 0.6) is 0 Å². The van der Waals surface area contributed by atoms with E-state index in [1.54, 1.807) is 0 Å². The van der Waals surface area contributed by atoms with Crippen LogP contribution in [-0.2, 0) is 9.53 Å². The minimum absolute atomic E-state index is 0.310. The van der Waals surface area contributed by atoms with Crippen LogP contribution < -0.4 is 0 Å². The molecule has 2 rings (SSSR count). The second kappa shape index (κ2) is 2.81. The van der Waals surface area contributed by atoms with Crippen molar-refractivity contribution in [2.24, 2.45) is 5.92 Å². The molecule has 3 nitrogen and oxygen atoms in total. The first-order valence-corrected chi connectivity index (χ1v) is 4.24. The third kappa shape index (κ3) is 1.53. The van der Waals surface area contributed by atoms with Gasteiger partial charge < -0.3 is 9.64 Å². The summed E-state index contributed by atoms with van der Waals surface area (Å²) in [6, 6.07) is 0. The van der Waals surface area contributed by atoms with Gasteiger partial charge in [0, 0.05) is 12.5 Å². The van der Waals surface area contributed by atoms with Crippen LogP contribution in [0.4, 0.5) is 0 Å². The average Bonchev–Trinajstić information content (AvgIpc) is 2.87. The van der Waals surface area contributed by atoms with E-state index >= 15 is 0 Å². The van der Waals surface area contributed by atoms with E-state index in [0.29, 0.717) is 18.6 Å². The summed E-state index contributed by atoms with van der Waals surface area (Å²) < 4.78 is 5.19. The fraction of sp³-hybridized carbons (Fsp3) is 0.875. The van der Waals surface area contributed by atoms with Gasteiger partial charge in [-0.1, -0.05) is 0 Å². The average molecular weight is 155 g/mol. The van der Waals surface area contributed by atoms with Crippen LogP contribution in [-0.4, -0.2) is 30.7 Å². The van der Waals surface area contributed by atoms with E-state index in [0.717, 1.165) is 32.4 Å². The Hall–Kier alpha value is -0.570. The molecule has 0 bridgehead atoms. The lowest BCUT2D eigenvalue weighted by Gasteiger charge is -2.26. The molecule has 0 radical (unpaired) electrons. The molecule has 0 aromatic rings. The molecule has 1 saturated carbocycles. The normalized spacial score (nSPS) is 25.3. The van der Waals surface area contributed by atoms with Gasteiger partial charge in [0.1, 0.15) is 6.73 Å². The second-order valence-corrected chi connectivity index (χ2v) is 3.27. The predicted octanol–water partition coefficient (Wildman–Crippen LogP) is 0.603. The highest BCUT2D eigenvalue weighted by molar-refractivity contribution is 5.80. The van der Waals surface area contributed by atoms with Crippen molar-refractivity contribution < 1.29 is 9.53 Å². The molecule has 0 aromatic heterocycles. The first-order chi connectivity index (χ1) is 5.38. The van der Waals surface area contributed by atoms with Gasteiger partial charge in [0.2, 0.25) is 5.91 Å². The van der Waals surface area contributed by atoms with Gasteiger partial charge >= 0.3 is 0 Å². The topological polar surface area (TPSA) is 29.5 Å². The van der Waals surface area contributed by atoms with Gasteiger partial charge in [0.25, 0.3) is 0 Å². The van der Waals surface area contributed by atoms with Crippen molar-refractivity contribution in [2.45, 2.75) is 19.3 Å². The molecule has 0 atom stereocenters. The molecule has 3 heteroatoms. The third-order valence-electron chi connectivity index (χ3n) is 2.20. The summed E-state index contributed by atoms with van der Waals surface area (Å²) in [5.74, 6) is 0.654. The highest BCUT2D eigenvalue weighted by Gasteiger charge is 2.33. The summed E-state index contributed by atoms with van der Waals surface area (Å²) in [5.41, 5.74) is 0. The van der Waals surface area contributed by atoms with Crippen molar-refractivity contribution >= 4 is 5.91 Å². The minimum Gasteiger partial charge on any atom is -0.361 e. The van der Waals surface area contributed by atoms with Gasteiger partial charge in [0.15, 0.2) is 0 Å². The van der Waals surface area contributed by atoms with Crippen LogP contribution in [0, 0.1) is 5.92 Å². The first-order valence-electron chi connectivity index (χ1n) is 4.24. The Bertz CT molecular complexity index is 159. The molecule has 1 saturated heterocycles. The molecule has 1 aliphatic carbocycles. The maximum absolute atomic E-state index is 11.4. The van der Waals surface area contributed by atoms with Gasteiger partial charge in [-0.2, -0.15) is 0 Å². The van der Waals surface area contributed by atoms with Gasteiger partial charge in [-0.3, -0.25) is 4.79 Å². The first kappa shape index (κ1) is 7.10. The fourth-order valence-corrected chi connectivity index (χ4v) is 1.36. The van der Waals surface area contributed by atoms with E-state index < -0.39 is 0 Å². The zero-order valence-corrected chi connectivity index (χ0v) is 6.58. The van der Waals surface area contributed by atoms with Gasteiger partial charge in [-0.15, -0.1) is 0 Å². The number of carbonyl (C=O) groups excluding carboxylic acids is 1. The van der Waals surface area contributed by atoms with E-state index in [1.807, 2.05) is 4.90 Å². The Labute approximate surface area is 66.3 Å². The fourth-order valence-electron chi connectivity index (χ4n) is 1.36. The Morgan fingerprint density at radius 3 is 2.82 bits per heavy atom. The molecule has 1 amide bonds. The van der Waals surface area contributed by atoms with Crippen LogP contribution in [0.1, 0.15) is 19.3 Å². The molecule has 2 aliphatic rings. The quantitative estimate of drug-likeness (QED) is 0.555. The maximum Gasteiger partial charge on any atom is 0.227 e. The lowest BCUT2D eigenvalue weighted by Crippen LogP contribution is -2.39. The number of hydrogen-bond acceptors (Lipinski definition) is 2. The van der Waals surface area contributed by atoms with Crippen molar-refractivity contribution in [3.05, 3.63) is 0 Å². The van der Waals surface area contributed by atoms with Crippen molar-refractivity contribution in [1.29, 1.82) is 0 Å². The Morgan fingerprint density at radius 1 is 1.45 bits per heavy atom. The van der Waals surface area contributed by atoms with Crippen LogP contribution in [0.3, 0.4) is 0 Å². The van der Waals surface area contributed by atoms with Crippen LogP contribution >= 0.6 is 0 Å². The van der Waals surface area contributed by atoms with E-state index in [-0.39, 0.29) is 0 Å². The Kier molecular flexibility index (Phi) is 1.82. The summed E-state index contributed by atoms with van der Waals surface area (Å²) in [6.45, 7) is 2.24. The van der Waals surface area contributed by atoms with E-state index in [9.17, 15) is 4.79 Å². The van der Waals surface area contributed by atoms with Gasteiger partial charge in [0.05, 0.1) is 6.61 Å². The number of nitrogens with zero attached hydrogens (tertiary/aromatic N) is 1. The van der Waals surface area contributed by atoms with Crippen LogP contribution in [0.15, 0.2) is 0 Å². The molecular weight excluding hydrogens is 142 g/mol. The van der Waals surface area contributed by atoms with Crippen molar-refractivity contribution in [3.63, 3.8) is 0 Å². The van der Waals surface area contributed by atoms with E-state index in [4.69, 9.17) is 4.74 Å². The zero-order valence-electron chi connectivity index (χ0n) is 6.58. The number of hydrogen-bond donors (Lipinski definition) is 0. The number of amides is 1. The van der Waals surface area contributed by atoms with E-state index in [1.165, 1.54) is 0 Å². The monoisotopic (exact) mass is 155 g/mol. The molecule has 2 fully saturated rings. The lowest BCUT2D eigenvalue weighted by molar-refractivity contribution is -0.142. The summed E-state index contributed by atoms with van der Waals surface area (Å²) >= 11 is 0. The highest BCUT2D eigenvalue weighted by atomic mass is 16.5. The molecule has 0 aromatic carbocycles. The smallest absolute Gasteiger partial charge is 0.227 e. The second-order valence-electron chi connectivity index (χ2n) is 3.27. The number of carbonyl (C=O) groups is 1. The van der Waals surface area contributed by atoms with Crippen molar-refractivity contribution in [3.8, 4) is 0 Å². The van der Waals surface area contributed by atoms with Crippen LogP contribution in [0.2, 0.25) is 0 Å². The molecule has 1 heterocycles. The Balaban J connectivity index is 1.86. The SMILES string of the molecule is O=C(C1CC1)N1CCCOC1. The highest BCUT2D eigenvalue weighted by Crippen LogP contribution is 2.31. The Morgan fingerprint density at radius 2 is 2.27 bits per heavy atom.